The summed E-state index contributed by atoms with van der Waals surface area (Å²) in [5.41, 5.74) is 2.96. The largest absolute Gasteiger partial charge is 0.497 e. The third-order valence-electron chi connectivity index (χ3n) is 7.14. The highest BCUT2D eigenvalue weighted by Crippen LogP contribution is 2.27. The number of halogens is 1. The standard InChI is InChI=1S/C27H33FN4O3/c1-34-22-7-8-24(28)21(16-22)18-30-11-3-4-20(17-30)19-35-27(33)32-14-12-31(13-15-32)26-6-2-5-25-23(26)9-10-29-25/h2,5-10,16,20,29H,3-4,11-15,17-19H2,1H3. The molecule has 0 saturated carbocycles. The van der Waals surface area contributed by atoms with Crippen molar-refractivity contribution in [2.45, 2.75) is 19.4 Å². The number of fused-ring (bicyclic) bond motifs is 1. The number of piperazine rings is 1. The van der Waals surface area contributed by atoms with Gasteiger partial charge in [-0.25, -0.2) is 9.18 Å². The van der Waals surface area contributed by atoms with Gasteiger partial charge < -0.3 is 24.3 Å². The van der Waals surface area contributed by atoms with Crippen LogP contribution < -0.4 is 9.64 Å². The van der Waals surface area contributed by atoms with Crippen LogP contribution in [0.25, 0.3) is 10.9 Å². The van der Waals surface area contributed by atoms with Crippen LogP contribution in [-0.4, -0.2) is 73.9 Å². The van der Waals surface area contributed by atoms with Gasteiger partial charge in [-0.2, -0.15) is 0 Å². The summed E-state index contributed by atoms with van der Waals surface area (Å²) in [4.78, 5) is 22.4. The minimum absolute atomic E-state index is 0.216. The molecule has 7 nitrogen and oxygen atoms in total. The van der Waals surface area contributed by atoms with Gasteiger partial charge >= 0.3 is 6.09 Å². The number of likely N-dealkylation sites (tertiary alicyclic amines) is 1. The predicted octanol–water partition coefficient (Wildman–Crippen LogP) is 4.49. The Balaban J connectivity index is 1.09. The second-order valence-electron chi connectivity index (χ2n) is 9.47. The van der Waals surface area contributed by atoms with Crippen LogP contribution in [0.15, 0.2) is 48.7 Å². The molecule has 2 saturated heterocycles. The number of aromatic amines is 1. The van der Waals surface area contributed by atoms with Crippen molar-refractivity contribution in [3.8, 4) is 5.75 Å². The van der Waals surface area contributed by atoms with Crippen LogP contribution in [0.2, 0.25) is 0 Å². The van der Waals surface area contributed by atoms with Gasteiger partial charge in [0.2, 0.25) is 0 Å². The minimum Gasteiger partial charge on any atom is -0.497 e. The van der Waals surface area contributed by atoms with Gasteiger partial charge in [-0.3, -0.25) is 4.90 Å². The summed E-state index contributed by atoms with van der Waals surface area (Å²) in [5.74, 6) is 0.703. The Morgan fingerprint density at radius 1 is 1.11 bits per heavy atom. The maximum absolute atomic E-state index is 14.3. The van der Waals surface area contributed by atoms with Crippen molar-refractivity contribution in [3.63, 3.8) is 0 Å². The summed E-state index contributed by atoms with van der Waals surface area (Å²) in [6, 6.07) is 13.2. The van der Waals surface area contributed by atoms with Crippen molar-refractivity contribution in [1.82, 2.24) is 14.8 Å². The molecule has 3 aromatic rings. The minimum atomic E-state index is -0.236. The molecule has 0 aliphatic carbocycles. The van der Waals surface area contributed by atoms with Crippen molar-refractivity contribution in [2.24, 2.45) is 5.92 Å². The summed E-state index contributed by atoms with van der Waals surface area (Å²) in [6.07, 6.45) is 3.75. The highest BCUT2D eigenvalue weighted by molar-refractivity contribution is 5.92. The van der Waals surface area contributed by atoms with Crippen LogP contribution in [0.3, 0.4) is 0 Å². The molecule has 3 heterocycles. The van der Waals surface area contributed by atoms with Crippen LogP contribution in [-0.2, 0) is 11.3 Å². The van der Waals surface area contributed by atoms with Crippen molar-refractivity contribution < 1.29 is 18.7 Å². The Bertz CT molecular complexity index is 1160. The van der Waals surface area contributed by atoms with E-state index in [0.717, 1.165) is 44.5 Å². The molecule has 0 bridgehead atoms. The number of carbonyl (C=O) groups excluding carboxylic acids is 1. The fourth-order valence-corrected chi connectivity index (χ4v) is 5.23. The van der Waals surface area contributed by atoms with E-state index in [1.54, 1.807) is 24.1 Å². The highest BCUT2D eigenvalue weighted by Gasteiger charge is 2.26. The summed E-state index contributed by atoms with van der Waals surface area (Å²) >= 11 is 0. The number of benzene rings is 2. The maximum Gasteiger partial charge on any atom is 0.409 e. The zero-order chi connectivity index (χ0) is 24.2. The van der Waals surface area contributed by atoms with Gasteiger partial charge in [0.25, 0.3) is 0 Å². The SMILES string of the molecule is COc1ccc(F)c(CN2CCCC(COC(=O)N3CCN(c4cccc5[nH]ccc45)CC3)C2)c1. The van der Waals surface area contributed by atoms with Crippen molar-refractivity contribution in [2.75, 3.05) is 57.9 Å². The van der Waals surface area contributed by atoms with Gasteiger partial charge in [-0.1, -0.05) is 6.07 Å². The number of piperidine rings is 1. The van der Waals surface area contributed by atoms with Crippen molar-refractivity contribution in [3.05, 3.63) is 60.0 Å². The molecule has 2 aliphatic heterocycles. The van der Waals surface area contributed by atoms with Crippen LogP contribution in [0, 0.1) is 11.7 Å². The molecule has 8 heteroatoms. The Labute approximate surface area is 205 Å². The zero-order valence-electron chi connectivity index (χ0n) is 20.2. The molecule has 35 heavy (non-hydrogen) atoms. The van der Waals surface area contributed by atoms with E-state index >= 15 is 0 Å². The Kier molecular flexibility index (Phi) is 7.08. The second kappa shape index (κ2) is 10.6. The number of rotatable bonds is 6. The summed E-state index contributed by atoms with van der Waals surface area (Å²) in [7, 11) is 1.59. The van der Waals surface area contributed by atoms with Crippen LogP contribution >= 0.6 is 0 Å². The number of H-pyrrole nitrogens is 1. The molecule has 1 amide bonds. The van der Waals surface area contributed by atoms with E-state index in [1.165, 1.54) is 17.1 Å². The number of methoxy groups -OCH3 is 1. The number of nitrogens with zero attached hydrogens (tertiary/aromatic N) is 3. The lowest BCUT2D eigenvalue weighted by Gasteiger charge is -2.36. The average molecular weight is 481 g/mol. The zero-order valence-corrected chi connectivity index (χ0v) is 20.2. The van der Waals surface area contributed by atoms with Gasteiger partial charge in [-0.05, 0) is 55.8 Å². The van der Waals surface area contributed by atoms with Crippen molar-refractivity contribution in [1.29, 1.82) is 0 Å². The van der Waals surface area contributed by atoms with E-state index in [9.17, 15) is 9.18 Å². The second-order valence-corrected chi connectivity index (χ2v) is 9.47. The fraction of sp³-hybridized carbons (Fsp3) is 0.444. The molecule has 1 N–H and O–H groups in total. The normalized spacial score (nSPS) is 19.2. The molecule has 0 radical (unpaired) electrons. The number of carbonyl (C=O) groups is 1. The quantitative estimate of drug-likeness (QED) is 0.564. The van der Waals surface area contributed by atoms with Crippen molar-refractivity contribution >= 4 is 22.7 Å². The third-order valence-corrected chi connectivity index (χ3v) is 7.14. The Hall–Kier alpha value is -3.26. The van der Waals surface area contributed by atoms with E-state index in [1.807, 2.05) is 6.20 Å². The number of hydrogen-bond acceptors (Lipinski definition) is 5. The highest BCUT2D eigenvalue weighted by atomic mass is 19.1. The number of amides is 1. The number of hydrogen-bond donors (Lipinski definition) is 1. The summed E-state index contributed by atoms with van der Waals surface area (Å²) in [6.45, 7) is 5.49. The Morgan fingerprint density at radius 2 is 1.97 bits per heavy atom. The van der Waals surface area contributed by atoms with Gasteiger partial charge in [0.1, 0.15) is 11.6 Å². The number of anilines is 1. The monoisotopic (exact) mass is 480 g/mol. The number of nitrogens with one attached hydrogen (secondary N) is 1. The first-order valence-electron chi connectivity index (χ1n) is 12.4. The van der Waals surface area contributed by atoms with E-state index < -0.39 is 0 Å². The summed E-state index contributed by atoms with van der Waals surface area (Å²) in [5, 5.41) is 1.21. The molecule has 2 aliphatic rings. The molecule has 1 unspecified atom stereocenters. The smallest absolute Gasteiger partial charge is 0.409 e. The van der Waals surface area contributed by atoms with Gasteiger partial charge in [0.05, 0.1) is 13.7 Å². The first-order chi connectivity index (χ1) is 17.1. The Morgan fingerprint density at radius 3 is 2.80 bits per heavy atom. The predicted molar refractivity (Wildman–Crippen MR) is 134 cm³/mol. The van der Waals surface area contributed by atoms with E-state index in [4.69, 9.17) is 9.47 Å². The van der Waals surface area contributed by atoms with E-state index in [0.29, 0.717) is 37.6 Å². The fourth-order valence-electron chi connectivity index (χ4n) is 5.23. The molecule has 5 rings (SSSR count). The van der Waals surface area contributed by atoms with Gasteiger partial charge in [0, 0.05) is 73.5 Å². The van der Waals surface area contributed by atoms with E-state index in [2.05, 4.69) is 39.0 Å². The first kappa shape index (κ1) is 23.5. The maximum atomic E-state index is 14.3. The first-order valence-corrected chi connectivity index (χ1v) is 12.4. The number of ether oxygens (including phenoxy) is 2. The molecule has 0 spiro atoms. The average Bonchev–Trinajstić information content (AvgIpc) is 3.38. The number of aromatic nitrogens is 1. The molecule has 2 fully saturated rings. The molecular weight excluding hydrogens is 447 g/mol. The van der Waals surface area contributed by atoms with Gasteiger partial charge in [-0.15, -0.1) is 0 Å². The molecular formula is C27H33FN4O3. The molecule has 1 atom stereocenters. The van der Waals surface area contributed by atoms with Crippen LogP contribution in [0.1, 0.15) is 18.4 Å². The lowest BCUT2D eigenvalue weighted by molar-refractivity contribution is 0.0621. The lowest BCUT2D eigenvalue weighted by Crippen LogP contribution is -2.49. The van der Waals surface area contributed by atoms with E-state index in [-0.39, 0.29) is 17.8 Å². The molecule has 186 valence electrons. The van der Waals surface area contributed by atoms with Crippen LogP contribution in [0.5, 0.6) is 5.75 Å². The third kappa shape index (κ3) is 5.37. The van der Waals surface area contributed by atoms with Gasteiger partial charge in [0.15, 0.2) is 0 Å². The lowest BCUT2D eigenvalue weighted by atomic mass is 9.98. The summed E-state index contributed by atoms with van der Waals surface area (Å²) < 4.78 is 25.2. The molecule has 1 aromatic heterocycles. The topological polar surface area (TPSA) is 61.0 Å². The molecule has 2 aromatic carbocycles. The van der Waals surface area contributed by atoms with Crippen LogP contribution in [0.4, 0.5) is 14.9 Å².